The van der Waals surface area contributed by atoms with E-state index >= 15 is 0 Å². The van der Waals surface area contributed by atoms with Crippen LogP contribution < -0.4 is 15.1 Å². The Labute approximate surface area is 337 Å². The normalized spacial score (nSPS) is 13.4. The van der Waals surface area contributed by atoms with Crippen LogP contribution in [0.3, 0.4) is 0 Å². The van der Waals surface area contributed by atoms with E-state index in [9.17, 15) is 0 Å². The molecule has 276 valence electrons. The van der Waals surface area contributed by atoms with E-state index in [1.807, 2.05) is 6.07 Å². The lowest BCUT2D eigenvalue weighted by atomic mass is 9.82. The molecule has 0 heterocycles. The number of anilines is 8. The van der Waals surface area contributed by atoms with E-state index in [4.69, 9.17) is 0 Å². The summed E-state index contributed by atoms with van der Waals surface area (Å²) in [6.45, 7) is 8.94. The third-order valence-electron chi connectivity index (χ3n) is 11.2. The number of rotatable bonds is 9. The van der Waals surface area contributed by atoms with Crippen LogP contribution in [0.15, 0.2) is 182 Å². The third-order valence-corrected chi connectivity index (χ3v) is 11.2. The fourth-order valence-corrected chi connectivity index (χ4v) is 8.20. The molecule has 3 nitrogen and oxygen atoms in total. The maximum Gasteiger partial charge on any atom is 0.0472 e. The van der Waals surface area contributed by atoms with Crippen LogP contribution in [0.25, 0.3) is 16.7 Å². The Balaban J connectivity index is 1.15. The fourth-order valence-electron chi connectivity index (χ4n) is 8.20. The van der Waals surface area contributed by atoms with Gasteiger partial charge in [0.25, 0.3) is 0 Å². The number of nitrogens with one attached hydrogen (secondary N) is 1. The maximum atomic E-state index is 3.67. The first kappa shape index (κ1) is 35.7. The van der Waals surface area contributed by atoms with Gasteiger partial charge in [0, 0.05) is 68.5 Å². The summed E-state index contributed by atoms with van der Waals surface area (Å²) in [5, 5.41) is 3.67. The van der Waals surface area contributed by atoms with Crippen molar-refractivity contribution in [1.29, 1.82) is 0 Å². The van der Waals surface area contributed by atoms with Crippen molar-refractivity contribution in [3.05, 3.63) is 210 Å². The van der Waals surface area contributed by atoms with Gasteiger partial charge in [-0.3, -0.25) is 0 Å². The summed E-state index contributed by atoms with van der Waals surface area (Å²) in [7, 11) is 0. The van der Waals surface area contributed by atoms with Gasteiger partial charge in [-0.1, -0.05) is 122 Å². The van der Waals surface area contributed by atoms with Crippen molar-refractivity contribution in [2.24, 2.45) is 0 Å². The lowest BCUT2D eigenvalue weighted by Crippen LogP contribution is -2.15. The van der Waals surface area contributed by atoms with E-state index in [1.165, 1.54) is 33.4 Å². The molecule has 0 aromatic heterocycles. The van der Waals surface area contributed by atoms with Crippen LogP contribution in [0.4, 0.5) is 45.5 Å². The van der Waals surface area contributed by atoms with Crippen molar-refractivity contribution in [1.82, 2.24) is 0 Å². The standard InChI is InChI=1S/C54H45N3/c1-38-20-24-42(25-21-38)56(46-32-34-52-50(37-46)48-18-12-13-19-51(48)54(52,3)4)44-28-30-45(31-29-44)57(43-26-22-39(2)23-27-43)47-33-35-53(55-41-16-10-7-11-17-41)49(36-47)40-14-8-5-6-9-15-40/h5,7-8,10-14,16-37,55H,6H2,1-4H3. The Morgan fingerprint density at radius 3 is 1.65 bits per heavy atom. The molecule has 0 unspecified atom stereocenters. The number of aryl methyl sites for hydroxylation is 2. The highest BCUT2D eigenvalue weighted by Crippen LogP contribution is 2.51. The van der Waals surface area contributed by atoms with Crippen LogP contribution in [0.2, 0.25) is 0 Å². The van der Waals surface area contributed by atoms with E-state index in [-0.39, 0.29) is 5.41 Å². The van der Waals surface area contributed by atoms with Gasteiger partial charge in [-0.2, -0.15) is 0 Å². The lowest BCUT2D eigenvalue weighted by Gasteiger charge is -2.29. The summed E-state index contributed by atoms with van der Waals surface area (Å²) >= 11 is 0. The molecular weight excluding hydrogens is 691 g/mol. The number of allylic oxidation sites excluding steroid dienone is 4. The molecule has 7 aromatic rings. The van der Waals surface area contributed by atoms with E-state index in [0.29, 0.717) is 0 Å². The van der Waals surface area contributed by atoms with Crippen molar-refractivity contribution < 1.29 is 0 Å². The minimum atomic E-state index is -0.0497. The first-order valence-electron chi connectivity index (χ1n) is 19.7. The average Bonchev–Trinajstić information content (AvgIpc) is 3.39. The second kappa shape index (κ2) is 14.9. The molecule has 1 N–H and O–H groups in total. The molecule has 2 aliphatic rings. The van der Waals surface area contributed by atoms with Gasteiger partial charge < -0.3 is 15.1 Å². The SMILES string of the molecule is Cc1ccc(N(c2ccc(N(c3ccc(C)cc3)c3ccc4c(c3)-c3ccccc3C4(C)C)cc2)c2ccc(Nc3ccccc3)c(C3=CC=CCC#C3)c2)cc1. The second-order valence-electron chi connectivity index (χ2n) is 15.5. The lowest BCUT2D eigenvalue weighted by molar-refractivity contribution is 0.660. The van der Waals surface area contributed by atoms with E-state index < -0.39 is 0 Å². The molecule has 0 radical (unpaired) electrons. The molecular formula is C54H45N3. The third kappa shape index (κ3) is 6.92. The molecule has 0 spiro atoms. The first-order chi connectivity index (χ1) is 27.8. The van der Waals surface area contributed by atoms with Crippen LogP contribution in [0.5, 0.6) is 0 Å². The number of hydrogen-bond acceptors (Lipinski definition) is 3. The van der Waals surface area contributed by atoms with Crippen molar-refractivity contribution in [2.45, 2.75) is 39.5 Å². The molecule has 0 aliphatic heterocycles. The number of nitrogens with zero attached hydrogens (tertiary/aromatic N) is 2. The van der Waals surface area contributed by atoms with Gasteiger partial charge in [-0.15, -0.1) is 0 Å². The van der Waals surface area contributed by atoms with Crippen LogP contribution in [-0.2, 0) is 5.41 Å². The minimum Gasteiger partial charge on any atom is -0.355 e. The van der Waals surface area contributed by atoms with Crippen LogP contribution in [-0.4, -0.2) is 0 Å². The van der Waals surface area contributed by atoms with Gasteiger partial charge in [0.2, 0.25) is 0 Å². The number of benzene rings is 7. The highest BCUT2D eigenvalue weighted by Gasteiger charge is 2.35. The molecule has 0 saturated carbocycles. The molecule has 0 atom stereocenters. The monoisotopic (exact) mass is 735 g/mol. The Bertz CT molecular complexity index is 2710. The summed E-state index contributed by atoms with van der Waals surface area (Å²) in [6, 6.07) is 59.4. The Morgan fingerprint density at radius 1 is 0.509 bits per heavy atom. The van der Waals surface area contributed by atoms with Crippen molar-refractivity contribution in [3.63, 3.8) is 0 Å². The van der Waals surface area contributed by atoms with Crippen molar-refractivity contribution in [2.75, 3.05) is 15.1 Å². The molecule has 0 saturated heterocycles. The quantitative estimate of drug-likeness (QED) is 0.149. The maximum absolute atomic E-state index is 3.67. The van der Waals surface area contributed by atoms with Gasteiger partial charge in [-0.05, 0) is 133 Å². The fraction of sp³-hybridized carbons (Fsp3) is 0.111. The topological polar surface area (TPSA) is 18.5 Å². The average molecular weight is 736 g/mol. The van der Waals surface area contributed by atoms with Crippen LogP contribution in [0, 0.1) is 25.7 Å². The molecule has 3 heteroatoms. The zero-order valence-electron chi connectivity index (χ0n) is 32.9. The number of hydrogen-bond donors (Lipinski definition) is 1. The smallest absolute Gasteiger partial charge is 0.0472 e. The highest BCUT2D eigenvalue weighted by molar-refractivity contribution is 5.92. The predicted octanol–water partition coefficient (Wildman–Crippen LogP) is 14.6. The van der Waals surface area contributed by atoms with Gasteiger partial charge in [0.15, 0.2) is 0 Å². The molecule has 57 heavy (non-hydrogen) atoms. The largest absolute Gasteiger partial charge is 0.355 e. The highest BCUT2D eigenvalue weighted by atomic mass is 15.2. The molecule has 0 bridgehead atoms. The van der Waals surface area contributed by atoms with Crippen molar-refractivity contribution >= 4 is 51.1 Å². The van der Waals surface area contributed by atoms with Gasteiger partial charge in [0.05, 0.1) is 0 Å². The van der Waals surface area contributed by atoms with Gasteiger partial charge >= 0.3 is 0 Å². The van der Waals surface area contributed by atoms with Crippen LogP contribution in [0.1, 0.15) is 48.1 Å². The molecule has 2 aliphatic carbocycles. The Morgan fingerprint density at radius 2 is 1.02 bits per heavy atom. The van der Waals surface area contributed by atoms with Crippen molar-refractivity contribution in [3.8, 4) is 23.0 Å². The zero-order chi connectivity index (χ0) is 38.9. The summed E-state index contributed by atoms with van der Waals surface area (Å²) in [4.78, 5) is 4.71. The Hall–Kier alpha value is -7.02. The van der Waals surface area contributed by atoms with E-state index in [2.05, 4.69) is 231 Å². The molecule has 7 aromatic carbocycles. The summed E-state index contributed by atoms with van der Waals surface area (Å²) in [5.74, 6) is 6.77. The van der Waals surface area contributed by atoms with Gasteiger partial charge in [-0.25, -0.2) is 0 Å². The first-order valence-corrected chi connectivity index (χ1v) is 19.7. The van der Waals surface area contributed by atoms with Gasteiger partial charge in [0.1, 0.15) is 0 Å². The number of fused-ring (bicyclic) bond motifs is 3. The second-order valence-corrected chi connectivity index (χ2v) is 15.5. The predicted molar refractivity (Wildman–Crippen MR) is 242 cm³/mol. The summed E-state index contributed by atoms with van der Waals surface area (Å²) in [5.41, 5.74) is 18.4. The van der Waals surface area contributed by atoms with E-state index in [0.717, 1.165) is 63.1 Å². The number of para-hydroxylation sites is 1. The molecule has 9 rings (SSSR count). The van der Waals surface area contributed by atoms with Crippen LogP contribution >= 0.6 is 0 Å². The Kier molecular flexibility index (Phi) is 9.33. The zero-order valence-corrected chi connectivity index (χ0v) is 32.9. The molecule has 0 amide bonds. The minimum absolute atomic E-state index is 0.0497. The summed E-state index contributed by atoms with van der Waals surface area (Å²) in [6.07, 6.45) is 7.06. The molecule has 0 fully saturated rings. The van der Waals surface area contributed by atoms with E-state index in [1.54, 1.807) is 0 Å². The summed E-state index contributed by atoms with van der Waals surface area (Å²) < 4.78 is 0.